The van der Waals surface area contributed by atoms with E-state index in [0.29, 0.717) is 23.3 Å². The molecular formula is C26H22F3N3O4S. The molecule has 7 nitrogen and oxygen atoms in total. The van der Waals surface area contributed by atoms with Crippen molar-refractivity contribution in [2.75, 3.05) is 11.3 Å². The van der Waals surface area contributed by atoms with Crippen LogP contribution >= 0.6 is 0 Å². The van der Waals surface area contributed by atoms with Gasteiger partial charge in [-0.05, 0) is 42.3 Å². The van der Waals surface area contributed by atoms with Crippen LogP contribution in [0.5, 0.6) is 5.75 Å². The lowest BCUT2D eigenvalue weighted by Crippen LogP contribution is -2.30. The lowest BCUT2D eigenvalue weighted by atomic mass is 9.88. The van der Waals surface area contributed by atoms with E-state index in [1.807, 2.05) is 41.1 Å². The van der Waals surface area contributed by atoms with Gasteiger partial charge in [0, 0.05) is 28.9 Å². The number of alkyl halides is 3. The number of fused-ring (bicyclic) bond motifs is 1. The lowest BCUT2D eigenvalue weighted by Gasteiger charge is -2.31. The molecule has 0 unspecified atom stereocenters. The van der Waals surface area contributed by atoms with Gasteiger partial charge in [-0.1, -0.05) is 48.5 Å². The minimum absolute atomic E-state index is 0.208. The molecule has 0 aliphatic carbocycles. The van der Waals surface area contributed by atoms with Gasteiger partial charge in [-0.2, -0.15) is 26.7 Å². The second-order valence-corrected chi connectivity index (χ2v) is 10.3. The van der Waals surface area contributed by atoms with Crippen molar-refractivity contribution < 1.29 is 31.4 Å². The lowest BCUT2D eigenvalue weighted by molar-refractivity contribution is -0.0429. The average molecular weight is 530 g/mol. The fourth-order valence-corrected chi connectivity index (χ4v) is 4.95. The number of hydrogen-bond acceptors (Lipinski definition) is 5. The molecule has 0 spiro atoms. The first-order chi connectivity index (χ1) is 17.6. The van der Waals surface area contributed by atoms with Gasteiger partial charge in [0.1, 0.15) is 5.75 Å². The number of nitrogens with zero attached hydrogens (tertiary/aromatic N) is 2. The Morgan fingerprint density at radius 2 is 1.76 bits per heavy atom. The molecule has 0 fully saturated rings. The maximum Gasteiger partial charge on any atom is 0.516 e. The summed E-state index contributed by atoms with van der Waals surface area (Å²) in [6.45, 7) is 0.208. The second-order valence-electron chi connectivity index (χ2n) is 8.64. The third-order valence-electron chi connectivity index (χ3n) is 6.21. The standard InChI is InChI=1S/C26H22F3N3O4S/c27-26(28,29)37(34,35)31-23-9-5-4-8-21(23)17-10-11-22-24(15-17)36-16-18(25(22)33)14-20-12-13-30-32(20)19-6-2-1-3-7-19/h1-13,15,18,25,31,33H,14,16H2/t18-,25+/m0/s1. The van der Waals surface area contributed by atoms with Gasteiger partial charge in [-0.25, -0.2) is 4.68 Å². The molecule has 0 saturated heterocycles. The first-order valence-corrected chi connectivity index (χ1v) is 12.8. The molecule has 2 atom stereocenters. The van der Waals surface area contributed by atoms with Crippen molar-refractivity contribution >= 4 is 15.7 Å². The minimum atomic E-state index is -5.59. The highest BCUT2D eigenvalue weighted by atomic mass is 32.2. The molecular weight excluding hydrogens is 507 g/mol. The van der Waals surface area contributed by atoms with E-state index < -0.39 is 21.6 Å². The fourth-order valence-electron chi connectivity index (χ4n) is 4.37. The Bertz CT molecular complexity index is 1520. The van der Waals surface area contributed by atoms with Gasteiger partial charge in [0.05, 0.1) is 24.1 Å². The first-order valence-electron chi connectivity index (χ1n) is 11.4. The molecule has 192 valence electrons. The summed E-state index contributed by atoms with van der Waals surface area (Å²) in [5.74, 6) is 0.120. The molecule has 1 aliphatic rings. The summed E-state index contributed by atoms with van der Waals surface area (Å²) in [7, 11) is -5.59. The van der Waals surface area contributed by atoms with Crippen LogP contribution in [-0.2, 0) is 16.4 Å². The molecule has 0 amide bonds. The number of benzene rings is 3. The van der Waals surface area contributed by atoms with Crippen LogP contribution in [-0.4, -0.2) is 35.4 Å². The zero-order valence-corrected chi connectivity index (χ0v) is 20.1. The van der Waals surface area contributed by atoms with E-state index >= 15 is 0 Å². The van der Waals surface area contributed by atoms with Crippen molar-refractivity contribution in [3.8, 4) is 22.6 Å². The molecule has 0 bridgehead atoms. The van der Waals surface area contributed by atoms with Crippen LogP contribution in [0.1, 0.15) is 17.4 Å². The number of aromatic nitrogens is 2. The molecule has 3 aromatic carbocycles. The highest BCUT2D eigenvalue weighted by Gasteiger charge is 2.46. The summed E-state index contributed by atoms with van der Waals surface area (Å²) >= 11 is 0. The van der Waals surface area contributed by atoms with Crippen LogP contribution < -0.4 is 9.46 Å². The minimum Gasteiger partial charge on any atom is -0.493 e. The third-order valence-corrected chi connectivity index (χ3v) is 7.31. The van der Waals surface area contributed by atoms with Crippen LogP contribution in [0, 0.1) is 5.92 Å². The summed E-state index contributed by atoms with van der Waals surface area (Å²) in [4.78, 5) is 0. The number of aliphatic hydroxyl groups is 1. The molecule has 1 aliphatic heterocycles. The van der Waals surface area contributed by atoms with Crippen molar-refractivity contribution in [1.29, 1.82) is 0 Å². The molecule has 0 saturated carbocycles. The molecule has 5 rings (SSSR count). The second kappa shape index (κ2) is 9.56. The van der Waals surface area contributed by atoms with Crippen molar-refractivity contribution in [2.45, 2.75) is 18.0 Å². The largest absolute Gasteiger partial charge is 0.516 e. The number of aliphatic hydroxyl groups excluding tert-OH is 1. The van der Waals surface area contributed by atoms with E-state index in [-0.39, 0.29) is 23.8 Å². The molecule has 4 aromatic rings. The average Bonchev–Trinajstić information content (AvgIpc) is 3.34. The number of hydrogen-bond donors (Lipinski definition) is 2. The molecule has 11 heteroatoms. The van der Waals surface area contributed by atoms with Gasteiger partial charge in [-0.15, -0.1) is 0 Å². The molecule has 37 heavy (non-hydrogen) atoms. The van der Waals surface area contributed by atoms with Crippen molar-refractivity contribution in [1.82, 2.24) is 9.78 Å². The smallest absolute Gasteiger partial charge is 0.493 e. The third kappa shape index (κ3) is 4.92. The Labute approximate surface area is 211 Å². The first kappa shape index (κ1) is 24.8. The van der Waals surface area contributed by atoms with Crippen LogP contribution in [0.3, 0.4) is 0 Å². The Hall–Kier alpha value is -3.83. The van der Waals surface area contributed by atoms with E-state index in [4.69, 9.17) is 4.74 Å². The highest BCUT2D eigenvalue weighted by molar-refractivity contribution is 7.93. The number of ether oxygens (including phenoxy) is 1. The molecule has 2 heterocycles. The summed E-state index contributed by atoms with van der Waals surface area (Å²) in [6.07, 6.45) is 1.35. The summed E-state index contributed by atoms with van der Waals surface area (Å²) in [6, 6.07) is 22.1. The number of anilines is 1. The van der Waals surface area contributed by atoms with E-state index in [2.05, 4.69) is 5.10 Å². The summed E-state index contributed by atoms with van der Waals surface area (Å²) < 4.78 is 71.4. The fraction of sp³-hybridized carbons (Fsp3) is 0.192. The van der Waals surface area contributed by atoms with Gasteiger partial charge in [0.2, 0.25) is 0 Å². The van der Waals surface area contributed by atoms with Crippen molar-refractivity contribution in [3.63, 3.8) is 0 Å². The van der Waals surface area contributed by atoms with Crippen molar-refractivity contribution in [3.05, 3.63) is 96.3 Å². The van der Waals surface area contributed by atoms with Crippen LogP contribution in [0.2, 0.25) is 0 Å². The Morgan fingerprint density at radius 1 is 1.03 bits per heavy atom. The van der Waals surface area contributed by atoms with Gasteiger partial charge >= 0.3 is 15.5 Å². The van der Waals surface area contributed by atoms with Crippen LogP contribution in [0.4, 0.5) is 18.9 Å². The number of nitrogens with one attached hydrogen (secondary N) is 1. The maximum atomic E-state index is 12.9. The van der Waals surface area contributed by atoms with E-state index in [9.17, 15) is 26.7 Å². The monoisotopic (exact) mass is 529 g/mol. The summed E-state index contributed by atoms with van der Waals surface area (Å²) in [5.41, 5.74) is -2.64. The zero-order valence-electron chi connectivity index (χ0n) is 19.3. The summed E-state index contributed by atoms with van der Waals surface area (Å²) in [5, 5.41) is 15.5. The number of halogens is 3. The van der Waals surface area contributed by atoms with Gasteiger partial charge in [-0.3, -0.25) is 4.72 Å². The number of rotatable bonds is 6. The topological polar surface area (TPSA) is 93.5 Å². The Balaban J connectivity index is 1.39. The molecule has 1 aromatic heterocycles. The molecule has 0 radical (unpaired) electrons. The maximum absolute atomic E-state index is 12.9. The number of para-hydroxylation sites is 2. The highest BCUT2D eigenvalue weighted by Crippen LogP contribution is 2.41. The zero-order chi connectivity index (χ0) is 26.2. The predicted molar refractivity (Wildman–Crippen MR) is 132 cm³/mol. The number of sulfonamides is 1. The predicted octanol–water partition coefficient (Wildman–Crippen LogP) is 5.09. The Morgan fingerprint density at radius 3 is 2.51 bits per heavy atom. The van der Waals surface area contributed by atoms with Crippen LogP contribution in [0.25, 0.3) is 16.8 Å². The molecule has 2 N–H and O–H groups in total. The normalized spacial score (nSPS) is 17.6. The van der Waals surface area contributed by atoms with E-state index in [0.717, 1.165) is 11.4 Å². The van der Waals surface area contributed by atoms with Crippen LogP contribution in [0.15, 0.2) is 85.1 Å². The van der Waals surface area contributed by atoms with Gasteiger partial charge in [0.25, 0.3) is 0 Å². The van der Waals surface area contributed by atoms with E-state index in [1.165, 1.54) is 18.2 Å². The van der Waals surface area contributed by atoms with E-state index in [1.54, 1.807) is 35.2 Å². The Kier molecular flexibility index (Phi) is 6.42. The van der Waals surface area contributed by atoms with Gasteiger partial charge in [0.15, 0.2) is 0 Å². The van der Waals surface area contributed by atoms with Crippen molar-refractivity contribution in [2.24, 2.45) is 5.92 Å². The SMILES string of the molecule is O=S(=O)(Nc1ccccc1-c1ccc2c(c1)OC[C@H](Cc1ccnn1-c1ccccc1)[C@H]2O)C(F)(F)F. The van der Waals surface area contributed by atoms with Gasteiger partial charge < -0.3 is 9.84 Å². The quantitative estimate of drug-likeness (QED) is 0.363.